The van der Waals surface area contributed by atoms with Crippen LogP contribution < -0.4 is 5.32 Å². The normalized spacial score (nSPS) is 38.9. The van der Waals surface area contributed by atoms with Crippen LogP contribution in [0.2, 0.25) is 0 Å². The zero-order valence-electron chi connectivity index (χ0n) is 13.5. The summed E-state index contributed by atoms with van der Waals surface area (Å²) >= 11 is 0. The summed E-state index contributed by atoms with van der Waals surface area (Å²) in [4.78, 5) is 4.76. The van der Waals surface area contributed by atoms with Crippen LogP contribution in [0.1, 0.15) is 63.7 Å². The van der Waals surface area contributed by atoms with E-state index in [1.807, 2.05) is 6.20 Å². The highest BCUT2D eigenvalue weighted by atomic mass is 15.1. The van der Waals surface area contributed by atoms with E-state index >= 15 is 0 Å². The van der Waals surface area contributed by atoms with Crippen LogP contribution in [0.3, 0.4) is 0 Å². The molecular weight excluding hydrogens is 258 g/mol. The molecular formula is C18H29N3. The van der Waals surface area contributed by atoms with E-state index in [-0.39, 0.29) is 0 Å². The number of hydrogen-bond acceptors (Lipinski definition) is 2. The van der Waals surface area contributed by atoms with E-state index in [4.69, 9.17) is 4.98 Å². The molecule has 3 heteroatoms. The Morgan fingerprint density at radius 1 is 1.24 bits per heavy atom. The molecule has 1 heterocycles. The second-order valence-electron chi connectivity index (χ2n) is 7.98. The van der Waals surface area contributed by atoms with Crippen molar-refractivity contribution in [2.24, 2.45) is 23.2 Å². The zero-order valence-corrected chi connectivity index (χ0v) is 13.5. The average molecular weight is 287 g/mol. The highest BCUT2D eigenvalue weighted by molar-refractivity contribution is 5.13. The maximum absolute atomic E-state index is 4.76. The minimum Gasteiger partial charge on any atom is -0.334 e. The molecule has 0 spiro atoms. The lowest BCUT2D eigenvalue weighted by Crippen LogP contribution is -2.52. The van der Waals surface area contributed by atoms with Crippen LogP contribution in [0.25, 0.3) is 0 Å². The van der Waals surface area contributed by atoms with E-state index in [1.54, 1.807) is 0 Å². The Balaban J connectivity index is 1.67. The predicted molar refractivity (Wildman–Crippen MR) is 84.9 cm³/mol. The van der Waals surface area contributed by atoms with Crippen LogP contribution in [0, 0.1) is 23.2 Å². The number of imidazole rings is 1. The fourth-order valence-electron chi connectivity index (χ4n) is 6.25. The molecule has 4 aliphatic rings. The highest BCUT2D eigenvalue weighted by Gasteiger charge is 2.54. The minimum atomic E-state index is 0.451. The molecule has 21 heavy (non-hydrogen) atoms. The molecule has 3 nitrogen and oxygen atoms in total. The van der Waals surface area contributed by atoms with E-state index in [0.717, 1.165) is 24.3 Å². The van der Waals surface area contributed by atoms with Crippen molar-refractivity contribution in [1.82, 2.24) is 14.9 Å². The second-order valence-corrected chi connectivity index (χ2v) is 7.98. The largest absolute Gasteiger partial charge is 0.334 e. The first kappa shape index (κ1) is 13.8. The van der Waals surface area contributed by atoms with E-state index in [1.165, 1.54) is 50.8 Å². The summed E-state index contributed by atoms with van der Waals surface area (Å²) in [6.45, 7) is 3.35. The standard InChI is InChI=1S/C18H29N3/c1-3-5-21-6-4-20-17(21)16(19-2)18-10-13-7-14(11-18)9-15(8-13)12-18/h4,6,13-16,19H,3,5,7-12H2,1-2H3. The Morgan fingerprint density at radius 3 is 2.38 bits per heavy atom. The summed E-state index contributed by atoms with van der Waals surface area (Å²) in [5.41, 5.74) is 0.486. The van der Waals surface area contributed by atoms with Crippen molar-refractivity contribution in [2.45, 2.75) is 64.5 Å². The first-order valence-electron chi connectivity index (χ1n) is 8.92. The molecule has 1 atom stereocenters. The molecule has 5 rings (SSSR count). The molecule has 1 N–H and O–H groups in total. The number of aromatic nitrogens is 2. The van der Waals surface area contributed by atoms with Crippen molar-refractivity contribution in [3.63, 3.8) is 0 Å². The maximum Gasteiger partial charge on any atom is 0.126 e. The van der Waals surface area contributed by atoms with Gasteiger partial charge in [0.2, 0.25) is 0 Å². The van der Waals surface area contributed by atoms with Gasteiger partial charge >= 0.3 is 0 Å². The molecule has 4 aliphatic carbocycles. The van der Waals surface area contributed by atoms with Gasteiger partial charge in [-0.05, 0) is 75.2 Å². The number of nitrogens with zero attached hydrogens (tertiary/aromatic N) is 2. The fraction of sp³-hybridized carbons (Fsp3) is 0.833. The first-order chi connectivity index (χ1) is 10.2. The SMILES string of the molecule is CCCn1ccnc1C(NC)C12CC3CC(CC(C3)C1)C2. The van der Waals surface area contributed by atoms with Crippen LogP contribution >= 0.6 is 0 Å². The molecule has 4 fully saturated rings. The van der Waals surface area contributed by atoms with Crippen molar-refractivity contribution < 1.29 is 0 Å². The van der Waals surface area contributed by atoms with Gasteiger partial charge in [-0.15, -0.1) is 0 Å². The highest BCUT2D eigenvalue weighted by Crippen LogP contribution is 2.63. The number of rotatable bonds is 5. The molecule has 116 valence electrons. The summed E-state index contributed by atoms with van der Waals surface area (Å²) in [7, 11) is 2.15. The van der Waals surface area contributed by atoms with Crippen molar-refractivity contribution in [3.05, 3.63) is 18.2 Å². The second kappa shape index (κ2) is 5.12. The zero-order chi connectivity index (χ0) is 14.4. The smallest absolute Gasteiger partial charge is 0.126 e. The van der Waals surface area contributed by atoms with Gasteiger partial charge in [-0.2, -0.15) is 0 Å². The Labute approximate surface area is 128 Å². The molecule has 1 unspecified atom stereocenters. The lowest BCUT2D eigenvalue weighted by Gasteiger charge is -2.59. The third-order valence-corrected chi connectivity index (χ3v) is 6.46. The Hall–Kier alpha value is -0.830. The van der Waals surface area contributed by atoms with Crippen molar-refractivity contribution >= 4 is 0 Å². The van der Waals surface area contributed by atoms with Gasteiger partial charge in [0, 0.05) is 18.9 Å². The van der Waals surface area contributed by atoms with Gasteiger partial charge in [0.25, 0.3) is 0 Å². The van der Waals surface area contributed by atoms with Crippen LogP contribution in [0.15, 0.2) is 12.4 Å². The molecule has 0 saturated heterocycles. The predicted octanol–water partition coefficient (Wildman–Crippen LogP) is 3.77. The van der Waals surface area contributed by atoms with Gasteiger partial charge in [0.05, 0.1) is 6.04 Å². The van der Waals surface area contributed by atoms with Crippen molar-refractivity contribution in [3.8, 4) is 0 Å². The van der Waals surface area contributed by atoms with Gasteiger partial charge in [-0.1, -0.05) is 6.92 Å². The molecule has 4 bridgehead atoms. The minimum absolute atomic E-state index is 0.451. The van der Waals surface area contributed by atoms with E-state index in [0.29, 0.717) is 11.5 Å². The number of hydrogen-bond donors (Lipinski definition) is 1. The summed E-state index contributed by atoms with van der Waals surface area (Å²) in [5, 5.41) is 3.68. The molecule has 0 amide bonds. The lowest BCUT2D eigenvalue weighted by molar-refractivity contribution is -0.0756. The van der Waals surface area contributed by atoms with E-state index < -0.39 is 0 Å². The fourth-order valence-corrected chi connectivity index (χ4v) is 6.25. The van der Waals surface area contributed by atoms with Gasteiger partial charge in [0.15, 0.2) is 0 Å². The summed E-state index contributed by atoms with van der Waals surface area (Å²) < 4.78 is 2.39. The topological polar surface area (TPSA) is 29.9 Å². The Morgan fingerprint density at radius 2 is 1.86 bits per heavy atom. The summed E-state index contributed by atoms with van der Waals surface area (Å²) in [5.74, 6) is 4.30. The quantitative estimate of drug-likeness (QED) is 0.893. The number of aryl methyl sites for hydroxylation is 1. The van der Waals surface area contributed by atoms with Crippen LogP contribution in [-0.2, 0) is 6.54 Å². The van der Waals surface area contributed by atoms with Crippen molar-refractivity contribution in [1.29, 1.82) is 0 Å². The Bertz CT molecular complexity index is 469. The van der Waals surface area contributed by atoms with Gasteiger partial charge in [-0.25, -0.2) is 4.98 Å². The maximum atomic E-state index is 4.76. The van der Waals surface area contributed by atoms with E-state index in [2.05, 4.69) is 30.1 Å². The third-order valence-electron chi connectivity index (χ3n) is 6.46. The molecule has 1 aromatic rings. The lowest BCUT2D eigenvalue weighted by atomic mass is 9.47. The monoisotopic (exact) mass is 287 g/mol. The molecule has 4 saturated carbocycles. The third kappa shape index (κ3) is 2.16. The molecule has 0 radical (unpaired) electrons. The molecule has 1 aromatic heterocycles. The Kier molecular flexibility index (Phi) is 3.36. The molecule has 0 aliphatic heterocycles. The van der Waals surface area contributed by atoms with Gasteiger partial charge in [-0.3, -0.25) is 0 Å². The van der Waals surface area contributed by atoms with Crippen LogP contribution in [0.4, 0.5) is 0 Å². The van der Waals surface area contributed by atoms with Gasteiger partial charge < -0.3 is 9.88 Å². The van der Waals surface area contributed by atoms with Crippen LogP contribution in [0.5, 0.6) is 0 Å². The summed E-state index contributed by atoms with van der Waals surface area (Å²) in [6, 6.07) is 0.451. The van der Waals surface area contributed by atoms with Crippen LogP contribution in [-0.4, -0.2) is 16.6 Å². The van der Waals surface area contributed by atoms with E-state index in [9.17, 15) is 0 Å². The number of nitrogens with one attached hydrogen (secondary N) is 1. The van der Waals surface area contributed by atoms with Gasteiger partial charge in [0.1, 0.15) is 5.82 Å². The average Bonchev–Trinajstić information content (AvgIpc) is 2.86. The van der Waals surface area contributed by atoms with Crippen molar-refractivity contribution in [2.75, 3.05) is 7.05 Å². The summed E-state index contributed by atoms with van der Waals surface area (Å²) in [6.07, 6.45) is 14.2. The first-order valence-corrected chi connectivity index (χ1v) is 8.92. The molecule has 0 aromatic carbocycles.